The average molecular weight is 432 g/mol. The monoisotopic (exact) mass is 432 g/mol. The van der Waals surface area contributed by atoms with Gasteiger partial charge in [-0.05, 0) is 48.6 Å². The van der Waals surface area contributed by atoms with Gasteiger partial charge in [0.1, 0.15) is 17.7 Å². The van der Waals surface area contributed by atoms with E-state index in [1.54, 1.807) is 18.5 Å². The van der Waals surface area contributed by atoms with Gasteiger partial charge in [-0.25, -0.2) is 9.78 Å². The number of ether oxygens (including phenoxy) is 2. The minimum absolute atomic E-state index is 0.178. The molecule has 32 heavy (non-hydrogen) atoms. The second-order valence-corrected chi connectivity index (χ2v) is 8.48. The zero-order chi connectivity index (χ0) is 22.5. The Morgan fingerprint density at radius 2 is 2.03 bits per heavy atom. The van der Waals surface area contributed by atoms with Gasteiger partial charge in [-0.2, -0.15) is 0 Å². The van der Waals surface area contributed by atoms with Crippen molar-refractivity contribution >= 4 is 17.1 Å². The summed E-state index contributed by atoms with van der Waals surface area (Å²) in [7, 11) is 4.85. The van der Waals surface area contributed by atoms with E-state index < -0.39 is 5.97 Å². The van der Waals surface area contributed by atoms with E-state index >= 15 is 0 Å². The third-order valence-corrected chi connectivity index (χ3v) is 6.29. The number of methoxy groups -OCH3 is 2. The SMILES string of the molecule is COC(=O)c1cc(OC)c2oc(-c3cccc(C4(c5nncn5C)CC(C)C4)c3)nc2c1. The van der Waals surface area contributed by atoms with Crippen molar-refractivity contribution in [2.24, 2.45) is 13.0 Å². The van der Waals surface area contributed by atoms with Crippen LogP contribution in [0.25, 0.3) is 22.6 Å². The molecule has 1 fully saturated rings. The second-order valence-electron chi connectivity index (χ2n) is 8.48. The molecule has 2 heterocycles. The van der Waals surface area contributed by atoms with Crippen molar-refractivity contribution < 1.29 is 18.7 Å². The molecule has 0 radical (unpaired) electrons. The summed E-state index contributed by atoms with van der Waals surface area (Å²) in [6.07, 6.45) is 3.76. The minimum Gasteiger partial charge on any atom is -0.493 e. The summed E-state index contributed by atoms with van der Waals surface area (Å²) in [6.45, 7) is 2.25. The molecule has 0 aliphatic heterocycles. The van der Waals surface area contributed by atoms with Crippen molar-refractivity contribution in [2.45, 2.75) is 25.2 Å². The van der Waals surface area contributed by atoms with E-state index in [9.17, 15) is 4.79 Å². The molecule has 1 saturated carbocycles. The smallest absolute Gasteiger partial charge is 0.338 e. The second kappa shape index (κ2) is 7.47. The van der Waals surface area contributed by atoms with Crippen LogP contribution in [0.1, 0.15) is 41.5 Å². The molecule has 2 aromatic carbocycles. The summed E-state index contributed by atoms with van der Waals surface area (Å²) in [5.74, 6) is 2.01. The summed E-state index contributed by atoms with van der Waals surface area (Å²) in [4.78, 5) is 16.7. The molecule has 8 nitrogen and oxygen atoms in total. The minimum atomic E-state index is -0.457. The maximum atomic E-state index is 12.0. The summed E-state index contributed by atoms with van der Waals surface area (Å²) < 4.78 is 18.3. The van der Waals surface area contributed by atoms with Gasteiger partial charge in [0, 0.05) is 12.6 Å². The number of benzene rings is 2. The predicted molar refractivity (Wildman–Crippen MR) is 118 cm³/mol. The highest BCUT2D eigenvalue weighted by Gasteiger charge is 2.48. The Kier molecular flexibility index (Phi) is 4.73. The molecule has 8 heteroatoms. The highest BCUT2D eigenvalue weighted by atomic mass is 16.5. The van der Waals surface area contributed by atoms with Gasteiger partial charge < -0.3 is 18.5 Å². The Balaban J connectivity index is 1.60. The quantitative estimate of drug-likeness (QED) is 0.438. The number of hydrogen-bond donors (Lipinski definition) is 0. The standard InChI is InChI=1S/C24H24N4O4/c1-14-11-24(12-14,23-27-25-13-28(23)2)17-7-5-6-15(8-17)21-26-18-9-16(22(29)31-4)10-19(30-3)20(18)32-21/h5-10,13-14H,11-12H2,1-4H3. The molecule has 164 valence electrons. The average Bonchev–Trinajstić information content (AvgIpc) is 3.42. The number of aromatic nitrogens is 4. The molecule has 5 rings (SSSR count). The van der Waals surface area contributed by atoms with Crippen LogP contribution in [-0.2, 0) is 17.2 Å². The normalized spacial score (nSPS) is 20.2. The van der Waals surface area contributed by atoms with Gasteiger partial charge in [0.15, 0.2) is 11.3 Å². The summed E-state index contributed by atoms with van der Waals surface area (Å²) in [5.41, 5.74) is 3.21. The van der Waals surface area contributed by atoms with Crippen LogP contribution in [0.2, 0.25) is 0 Å². The first-order valence-corrected chi connectivity index (χ1v) is 10.5. The van der Waals surface area contributed by atoms with Gasteiger partial charge in [0.05, 0.1) is 25.2 Å². The lowest BCUT2D eigenvalue weighted by atomic mass is 9.58. The van der Waals surface area contributed by atoms with Crippen LogP contribution in [0.4, 0.5) is 0 Å². The first-order chi connectivity index (χ1) is 15.4. The zero-order valence-corrected chi connectivity index (χ0v) is 18.5. The number of fused-ring (bicyclic) bond motifs is 1. The van der Waals surface area contributed by atoms with E-state index in [0.717, 1.165) is 29.8 Å². The predicted octanol–water partition coefficient (Wildman–Crippen LogP) is 4.13. The Labute approximate surface area is 185 Å². The van der Waals surface area contributed by atoms with Crippen LogP contribution in [-0.4, -0.2) is 39.9 Å². The number of rotatable bonds is 5. The van der Waals surface area contributed by atoms with E-state index in [4.69, 9.17) is 13.9 Å². The molecule has 0 N–H and O–H groups in total. The van der Waals surface area contributed by atoms with E-state index in [2.05, 4.69) is 34.2 Å². The number of carbonyl (C=O) groups is 1. The molecule has 1 aliphatic carbocycles. The molecule has 0 atom stereocenters. The fraction of sp³-hybridized carbons (Fsp3) is 0.333. The number of oxazole rings is 1. The van der Waals surface area contributed by atoms with Crippen molar-refractivity contribution in [1.82, 2.24) is 19.7 Å². The molecular formula is C24H24N4O4. The van der Waals surface area contributed by atoms with Crippen molar-refractivity contribution in [1.29, 1.82) is 0 Å². The zero-order valence-electron chi connectivity index (χ0n) is 18.5. The first kappa shape index (κ1) is 20.2. The van der Waals surface area contributed by atoms with Crippen molar-refractivity contribution in [3.05, 3.63) is 59.7 Å². The number of hydrogen-bond acceptors (Lipinski definition) is 7. The summed E-state index contributed by atoms with van der Waals surface area (Å²) in [6, 6.07) is 11.5. The Hall–Kier alpha value is -3.68. The maximum Gasteiger partial charge on any atom is 0.338 e. The van der Waals surface area contributed by atoms with Crippen LogP contribution >= 0.6 is 0 Å². The lowest BCUT2D eigenvalue weighted by Gasteiger charge is -2.46. The number of aryl methyl sites for hydroxylation is 1. The molecule has 0 bridgehead atoms. The third kappa shape index (κ3) is 3.05. The fourth-order valence-corrected chi connectivity index (χ4v) is 4.86. The molecule has 2 aromatic heterocycles. The topological polar surface area (TPSA) is 92.3 Å². The van der Waals surface area contributed by atoms with Crippen LogP contribution in [0.15, 0.2) is 47.1 Å². The van der Waals surface area contributed by atoms with Gasteiger partial charge in [-0.15, -0.1) is 10.2 Å². The Morgan fingerprint density at radius 3 is 2.69 bits per heavy atom. The van der Waals surface area contributed by atoms with E-state index in [1.165, 1.54) is 14.2 Å². The number of carbonyl (C=O) groups excluding carboxylic acids is 1. The van der Waals surface area contributed by atoms with Crippen LogP contribution in [0, 0.1) is 5.92 Å². The summed E-state index contributed by atoms with van der Waals surface area (Å²) in [5, 5.41) is 8.54. The van der Waals surface area contributed by atoms with Crippen LogP contribution in [0.3, 0.4) is 0 Å². The van der Waals surface area contributed by atoms with Crippen LogP contribution in [0.5, 0.6) is 5.75 Å². The third-order valence-electron chi connectivity index (χ3n) is 6.29. The first-order valence-electron chi connectivity index (χ1n) is 10.5. The van der Waals surface area contributed by atoms with Gasteiger partial charge in [-0.1, -0.05) is 19.1 Å². The van der Waals surface area contributed by atoms with Crippen molar-refractivity contribution in [2.75, 3.05) is 14.2 Å². The number of nitrogens with zero attached hydrogens (tertiary/aromatic N) is 4. The van der Waals surface area contributed by atoms with Gasteiger partial charge in [0.25, 0.3) is 0 Å². The molecule has 0 saturated heterocycles. The molecule has 1 aliphatic rings. The Morgan fingerprint density at radius 1 is 1.22 bits per heavy atom. The van der Waals surface area contributed by atoms with E-state index in [-0.39, 0.29) is 5.41 Å². The fourth-order valence-electron chi connectivity index (χ4n) is 4.86. The largest absolute Gasteiger partial charge is 0.493 e. The molecule has 0 amide bonds. The van der Waals surface area contributed by atoms with Gasteiger partial charge in [0.2, 0.25) is 5.89 Å². The lowest BCUT2D eigenvalue weighted by molar-refractivity contribution is 0.0600. The molecule has 4 aromatic rings. The highest BCUT2D eigenvalue weighted by Crippen LogP contribution is 2.51. The molecule has 0 spiro atoms. The number of esters is 1. The molecule has 0 unspecified atom stereocenters. The van der Waals surface area contributed by atoms with Gasteiger partial charge >= 0.3 is 5.97 Å². The van der Waals surface area contributed by atoms with Crippen LogP contribution < -0.4 is 4.74 Å². The summed E-state index contributed by atoms with van der Waals surface area (Å²) >= 11 is 0. The Bertz CT molecular complexity index is 1320. The van der Waals surface area contributed by atoms with E-state index in [1.807, 2.05) is 23.7 Å². The molecular weight excluding hydrogens is 408 g/mol. The van der Waals surface area contributed by atoms with E-state index in [0.29, 0.717) is 34.2 Å². The lowest BCUT2D eigenvalue weighted by Crippen LogP contribution is -2.43. The van der Waals surface area contributed by atoms with Crippen molar-refractivity contribution in [3.8, 4) is 17.2 Å². The van der Waals surface area contributed by atoms with Crippen molar-refractivity contribution in [3.63, 3.8) is 0 Å². The van der Waals surface area contributed by atoms with Gasteiger partial charge in [-0.3, -0.25) is 0 Å². The highest BCUT2D eigenvalue weighted by molar-refractivity contribution is 5.95. The maximum absolute atomic E-state index is 12.0.